The quantitative estimate of drug-likeness (QED) is 0.875. The first-order valence-corrected chi connectivity index (χ1v) is 8.04. The van der Waals surface area contributed by atoms with Crippen molar-refractivity contribution in [2.45, 2.75) is 38.3 Å². The molecule has 3 nitrogen and oxygen atoms in total. The molecule has 2 unspecified atom stereocenters. The Morgan fingerprint density at radius 1 is 1.52 bits per heavy atom. The minimum atomic E-state index is -0.355. The monoisotopic (exact) mass is 314 g/mol. The second-order valence-corrected chi connectivity index (χ2v) is 5.93. The summed E-state index contributed by atoms with van der Waals surface area (Å²) in [4.78, 5) is 2.22. The number of hydrogen-bond donors (Lipinski definition) is 1. The minimum Gasteiger partial charge on any atom is -0.377 e. The molecule has 0 spiro atoms. The van der Waals surface area contributed by atoms with E-state index in [0.717, 1.165) is 39.0 Å². The molecule has 2 rings (SSSR count). The van der Waals surface area contributed by atoms with Gasteiger partial charge in [-0.05, 0) is 31.9 Å². The molecule has 5 heteroatoms. The SMILES string of the molecule is CCCOC1CCCN(C(CN)c2cccc(Cl)c2F)C1. The molecule has 0 radical (unpaired) electrons. The third kappa shape index (κ3) is 4.16. The van der Waals surface area contributed by atoms with Gasteiger partial charge < -0.3 is 10.5 Å². The number of nitrogens with two attached hydrogens (primary N) is 1. The summed E-state index contributed by atoms with van der Waals surface area (Å²) in [5, 5.41) is 0.154. The lowest BCUT2D eigenvalue weighted by Crippen LogP contribution is -2.44. The van der Waals surface area contributed by atoms with Gasteiger partial charge in [0.05, 0.1) is 17.2 Å². The molecule has 0 aliphatic carbocycles. The van der Waals surface area contributed by atoms with Crippen LogP contribution in [0.2, 0.25) is 5.02 Å². The summed E-state index contributed by atoms with van der Waals surface area (Å²) in [5.41, 5.74) is 6.49. The second-order valence-electron chi connectivity index (χ2n) is 5.52. The van der Waals surface area contributed by atoms with Gasteiger partial charge in [0.2, 0.25) is 0 Å². The van der Waals surface area contributed by atoms with Crippen molar-refractivity contribution < 1.29 is 9.13 Å². The Morgan fingerprint density at radius 2 is 2.33 bits per heavy atom. The third-order valence-electron chi connectivity index (χ3n) is 3.97. The second kappa shape index (κ2) is 8.08. The van der Waals surface area contributed by atoms with Crippen molar-refractivity contribution in [3.05, 3.63) is 34.6 Å². The summed E-state index contributed by atoms with van der Waals surface area (Å²) < 4.78 is 20.1. The van der Waals surface area contributed by atoms with E-state index in [2.05, 4.69) is 11.8 Å². The molecule has 1 aromatic rings. The third-order valence-corrected chi connectivity index (χ3v) is 4.26. The smallest absolute Gasteiger partial charge is 0.146 e. The Kier molecular flexibility index (Phi) is 6.42. The lowest BCUT2D eigenvalue weighted by Gasteiger charge is -2.38. The molecular formula is C16H24ClFN2O. The van der Waals surface area contributed by atoms with Crippen molar-refractivity contribution in [1.82, 2.24) is 4.90 Å². The van der Waals surface area contributed by atoms with Gasteiger partial charge in [0, 0.05) is 25.3 Å². The van der Waals surface area contributed by atoms with Crippen molar-refractivity contribution in [2.24, 2.45) is 5.73 Å². The number of ether oxygens (including phenoxy) is 1. The van der Waals surface area contributed by atoms with Crippen LogP contribution in [0.4, 0.5) is 4.39 Å². The number of halogens is 2. The molecule has 1 fully saturated rings. The molecule has 1 aliphatic heterocycles. The molecule has 0 bridgehead atoms. The fraction of sp³-hybridized carbons (Fsp3) is 0.625. The maximum atomic E-state index is 14.2. The molecule has 21 heavy (non-hydrogen) atoms. The van der Waals surface area contributed by atoms with Gasteiger partial charge in [-0.3, -0.25) is 4.90 Å². The molecule has 2 N–H and O–H groups in total. The van der Waals surface area contributed by atoms with E-state index in [1.54, 1.807) is 18.2 Å². The molecule has 2 atom stereocenters. The van der Waals surface area contributed by atoms with Crippen molar-refractivity contribution in [1.29, 1.82) is 0 Å². The highest BCUT2D eigenvalue weighted by molar-refractivity contribution is 6.30. The van der Waals surface area contributed by atoms with E-state index < -0.39 is 0 Å². The van der Waals surface area contributed by atoms with Gasteiger partial charge in [-0.2, -0.15) is 0 Å². The average molecular weight is 315 g/mol. The minimum absolute atomic E-state index is 0.142. The standard InChI is InChI=1S/C16H24ClFN2O/c1-2-9-21-12-5-4-8-20(11-12)15(10-19)13-6-3-7-14(17)16(13)18/h3,6-7,12,15H,2,4-5,8-11,19H2,1H3. The van der Waals surface area contributed by atoms with E-state index in [-0.39, 0.29) is 23.0 Å². The van der Waals surface area contributed by atoms with E-state index in [4.69, 9.17) is 22.1 Å². The van der Waals surface area contributed by atoms with Crippen molar-refractivity contribution >= 4 is 11.6 Å². The largest absolute Gasteiger partial charge is 0.377 e. The summed E-state index contributed by atoms with van der Waals surface area (Å²) in [7, 11) is 0. The van der Waals surface area contributed by atoms with Crippen LogP contribution in [0.25, 0.3) is 0 Å². The Morgan fingerprint density at radius 3 is 3.05 bits per heavy atom. The zero-order valence-corrected chi connectivity index (χ0v) is 13.3. The van der Waals surface area contributed by atoms with Gasteiger partial charge in [0.1, 0.15) is 5.82 Å². The van der Waals surface area contributed by atoms with Crippen LogP contribution < -0.4 is 5.73 Å². The first-order valence-electron chi connectivity index (χ1n) is 7.67. The lowest BCUT2D eigenvalue weighted by atomic mass is 10.00. The van der Waals surface area contributed by atoms with Gasteiger partial charge >= 0.3 is 0 Å². The Labute approximate surface area is 131 Å². The van der Waals surface area contributed by atoms with Crippen LogP contribution in [0.15, 0.2) is 18.2 Å². The zero-order valence-electron chi connectivity index (χ0n) is 12.5. The molecule has 1 saturated heterocycles. The molecule has 0 saturated carbocycles. The van der Waals surface area contributed by atoms with E-state index in [1.165, 1.54) is 0 Å². The van der Waals surface area contributed by atoms with Crippen LogP contribution in [0.3, 0.4) is 0 Å². The molecule has 118 valence electrons. The fourth-order valence-electron chi connectivity index (χ4n) is 2.92. The summed E-state index contributed by atoms with van der Waals surface area (Å²) in [6.45, 7) is 4.97. The molecule has 1 aliphatic rings. The fourth-order valence-corrected chi connectivity index (χ4v) is 3.10. The number of likely N-dealkylation sites (tertiary alicyclic amines) is 1. The van der Waals surface area contributed by atoms with Crippen LogP contribution in [0.5, 0.6) is 0 Å². The van der Waals surface area contributed by atoms with Crippen molar-refractivity contribution in [3.63, 3.8) is 0 Å². The highest BCUT2D eigenvalue weighted by atomic mass is 35.5. The van der Waals surface area contributed by atoms with Gasteiger partial charge in [-0.1, -0.05) is 30.7 Å². The number of benzene rings is 1. The van der Waals surface area contributed by atoms with E-state index >= 15 is 0 Å². The highest BCUT2D eigenvalue weighted by Crippen LogP contribution is 2.29. The Bertz CT molecular complexity index is 458. The molecule has 0 amide bonds. The summed E-state index contributed by atoms with van der Waals surface area (Å²) in [5.74, 6) is -0.355. The Balaban J connectivity index is 2.11. The molecule has 1 aromatic carbocycles. The predicted molar refractivity (Wildman–Crippen MR) is 84.0 cm³/mol. The maximum Gasteiger partial charge on any atom is 0.146 e. The van der Waals surface area contributed by atoms with Gasteiger partial charge in [-0.25, -0.2) is 4.39 Å². The van der Waals surface area contributed by atoms with Crippen molar-refractivity contribution in [3.8, 4) is 0 Å². The van der Waals surface area contributed by atoms with Crippen molar-refractivity contribution in [2.75, 3.05) is 26.2 Å². The normalized spacial score (nSPS) is 21.4. The predicted octanol–water partition coefficient (Wildman–Crippen LogP) is 3.37. The zero-order chi connectivity index (χ0) is 15.2. The van der Waals surface area contributed by atoms with Gasteiger partial charge in [0.15, 0.2) is 0 Å². The number of rotatable bonds is 6. The lowest BCUT2D eigenvalue weighted by molar-refractivity contribution is -0.0122. The van der Waals surface area contributed by atoms with Gasteiger partial charge in [0.25, 0.3) is 0 Å². The maximum absolute atomic E-state index is 14.2. The van der Waals surface area contributed by atoms with Crippen LogP contribution >= 0.6 is 11.6 Å². The average Bonchev–Trinajstić information content (AvgIpc) is 2.50. The van der Waals surface area contributed by atoms with E-state index in [9.17, 15) is 4.39 Å². The van der Waals surface area contributed by atoms with E-state index in [1.807, 2.05) is 0 Å². The summed E-state index contributed by atoms with van der Waals surface area (Å²) >= 11 is 5.89. The summed E-state index contributed by atoms with van der Waals surface area (Å²) in [6, 6.07) is 4.97. The molecule has 0 aromatic heterocycles. The first-order chi connectivity index (χ1) is 10.2. The molecule has 1 heterocycles. The van der Waals surface area contributed by atoms with Gasteiger partial charge in [-0.15, -0.1) is 0 Å². The number of nitrogens with zero attached hydrogens (tertiary/aromatic N) is 1. The Hall–Kier alpha value is -0.680. The summed E-state index contributed by atoms with van der Waals surface area (Å²) in [6.07, 6.45) is 3.34. The topological polar surface area (TPSA) is 38.5 Å². The number of hydrogen-bond acceptors (Lipinski definition) is 3. The highest BCUT2D eigenvalue weighted by Gasteiger charge is 2.28. The van der Waals surface area contributed by atoms with Crippen LogP contribution in [0.1, 0.15) is 37.8 Å². The van der Waals surface area contributed by atoms with Crippen LogP contribution in [0, 0.1) is 5.82 Å². The van der Waals surface area contributed by atoms with Crippen LogP contribution in [-0.4, -0.2) is 37.2 Å². The first kappa shape index (κ1) is 16.7. The van der Waals surface area contributed by atoms with E-state index in [0.29, 0.717) is 12.1 Å². The van der Waals surface area contributed by atoms with Crippen LogP contribution in [-0.2, 0) is 4.74 Å². The number of piperidine rings is 1. The molecular weight excluding hydrogens is 291 g/mol.